The molecule has 84 valence electrons. The number of likely N-dealkylation sites (N-methyl/N-ethyl adjacent to an activating group) is 1. The summed E-state index contributed by atoms with van der Waals surface area (Å²) >= 11 is 1.72. The Balaban J connectivity index is 2.39. The molecule has 1 heterocycles. The van der Waals surface area contributed by atoms with Crippen LogP contribution in [0.5, 0.6) is 0 Å². The van der Waals surface area contributed by atoms with E-state index < -0.39 is 0 Å². The number of nitrogens with zero attached hydrogens (tertiary/aromatic N) is 1. The molecular formula is C11H17NO2S. The quantitative estimate of drug-likeness (QED) is 0.711. The minimum Gasteiger partial charge on any atom is -0.377 e. The van der Waals surface area contributed by atoms with Crippen LogP contribution in [0, 0.1) is 0 Å². The fourth-order valence-electron chi connectivity index (χ4n) is 1.36. The van der Waals surface area contributed by atoms with Crippen LogP contribution in [-0.2, 0) is 16.1 Å². The molecule has 0 aliphatic carbocycles. The van der Waals surface area contributed by atoms with E-state index in [0.717, 1.165) is 13.1 Å². The van der Waals surface area contributed by atoms with Crippen molar-refractivity contribution in [3.05, 3.63) is 22.4 Å². The van der Waals surface area contributed by atoms with Crippen LogP contribution in [0.15, 0.2) is 17.5 Å². The second-order valence-electron chi connectivity index (χ2n) is 3.35. The summed E-state index contributed by atoms with van der Waals surface area (Å²) in [6.45, 7) is 4.48. The van der Waals surface area contributed by atoms with Crippen LogP contribution in [0.2, 0.25) is 0 Å². The molecule has 0 fully saturated rings. The molecule has 0 unspecified atom stereocenters. The van der Waals surface area contributed by atoms with Gasteiger partial charge in [-0.3, -0.25) is 9.69 Å². The van der Waals surface area contributed by atoms with Crippen LogP contribution in [-0.4, -0.2) is 37.5 Å². The molecule has 0 bridgehead atoms. The number of Topliss-reactive ketones (excluding diaryl/α,β-unsaturated/α-hetero) is 1. The normalized spacial score (nSPS) is 10.9. The van der Waals surface area contributed by atoms with Gasteiger partial charge in [-0.1, -0.05) is 13.0 Å². The van der Waals surface area contributed by atoms with Gasteiger partial charge in [-0.2, -0.15) is 0 Å². The van der Waals surface area contributed by atoms with E-state index in [2.05, 4.69) is 23.3 Å². The summed E-state index contributed by atoms with van der Waals surface area (Å²) in [5.41, 5.74) is 0. The third-order valence-corrected chi connectivity index (χ3v) is 2.97. The molecule has 4 heteroatoms. The molecule has 0 saturated carbocycles. The van der Waals surface area contributed by atoms with Crippen LogP contribution in [0.1, 0.15) is 11.8 Å². The molecule has 1 aromatic rings. The smallest absolute Gasteiger partial charge is 0.172 e. The zero-order valence-electron chi connectivity index (χ0n) is 9.23. The van der Waals surface area contributed by atoms with Crippen molar-refractivity contribution in [2.45, 2.75) is 13.5 Å². The Morgan fingerprint density at radius 3 is 2.93 bits per heavy atom. The molecule has 3 nitrogen and oxygen atoms in total. The maximum absolute atomic E-state index is 11.4. The first-order chi connectivity index (χ1) is 7.26. The van der Waals surface area contributed by atoms with Crippen LogP contribution in [0.3, 0.4) is 0 Å². The second-order valence-corrected chi connectivity index (χ2v) is 4.39. The van der Waals surface area contributed by atoms with Crippen LogP contribution >= 0.6 is 11.3 Å². The lowest BCUT2D eigenvalue weighted by molar-refractivity contribution is -0.123. The van der Waals surface area contributed by atoms with Crippen LogP contribution < -0.4 is 0 Å². The number of hydrogen-bond donors (Lipinski definition) is 0. The van der Waals surface area contributed by atoms with Gasteiger partial charge in [0, 0.05) is 18.5 Å². The van der Waals surface area contributed by atoms with Crippen LogP contribution in [0.4, 0.5) is 0 Å². The van der Waals surface area contributed by atoms with Gasteiger partial charge in [0.2, 0.25) is 0 Å². The first-order valence-electron chi connectivity index (χ1n) is 5.01. The summed E-state index contributed by atoms with van der Waals surface area (Å²) in [5, 5.41) is 2.06. The first-order valence-corrected chi connectivity index (χ1v) is 5.89. The fraction of sp³-hybridized carbons (Fsp3) is 0.545. The number of rotatable bonds is 7. The Kier molecular flexibility index (Phi) is 5.53. The van der Waals surface area contributed by atoms with E-state index in [-0.39, 0.29) is 12.4 Å². The second kappa shape index (κ2) is 6.71. The molecule has 0 atom stereocenters. The summed E-state index contributed by atoms with van der Waals surface area (Å²) in [5.74, 6) is 0.135. The van der Waals surface area contributed by atoms with E-state index in [0.29, 0.717) is 6.54 Å². The first kappa shape index (κ1) is 12.4. The molecule has 15 heavy (non-hydrogen) atoms. The Bertz CT molecular complexity index is 285. The lowest BCUT2D eigenvalue weighted by Gasteiger charge is -2.18. The van der Waals surface area contributed by atoms with Gasteiger partial charge in [-0.05, 0) is 18.0 Å². The van der Waals surface area contributed by atoms with Crippen molar-refractivity contribution in [3.63, 3.8) is 0 Å². The van der Waals surface area contributed by atoms with Crippen molar-refractivity contribution < 1.29 is 9.53 Å². The van der Waals surface area contributed by atoms with E-state index in [1.807, 2.05) is 6.07 Å². The zero-order chi connectivity index (χ0) is 11.1. The maximum atomic E-state index is 11.4. The Labute approximate surface area is 94.7 Å². The summed E-state index contributed by atoms with van der Waals surface area (Å²) in [6.07, 6.45) is 0. The summed E-state index contributed by atoms with van der Waals surface area (Å²) in [7, 11) is 1.55. The molecule has 1 aromatic heterocycles. The lowest BCUT2D eigenvalue weighted by Crippen LogP contribution is -2.30. The Hall–Kier alpha value is -0.710. The molecule has 0 saturated heterocycles. The minimum absolute atomic E-state index is 0.135. The highest BCUT2D eigenvalue weighted by Crippen LogP contribution is 2.11. The van der Waals surface area contributed by atoms with Gasteiger partial charge in [0.15, 0.2) is 5.78 Å². The van der Waals surface area contributed by atoms with Crippen molar-refractivity contribution in [3.8, 4) is 0 Å². The predicted molar refractivity (Wildman–Crippen MR) is 62.2 cm³/mol. The molecular weight excluding hydrogens is 210 g/mol. The minimum atomic E-state index is 0.135. The van der Waals surface area contributed by atoms with E-state index in [9.17, 15) is 4.79 Å². The number of carbonyl (C=O) groups excluding carboxylic acids is 1. The highest BCUT2D eigenvalue weighted by molar-refractivity contribution is 7.09. The number of hydrogen-bond acceptors (Lipinski definition) is 4. The molecule has 1 rings (SSSR count). The van der Waals surface area contributed by atoms with Crippen molar-refractivity contribution in [2.24, 2.45) is 0 Å². The monoisotopic (exact) mass is 227 g/mol. The molecule has 0 N–H and O–H groups in total. The zero-order valence-corrected chi connectivity index (χ0v) is 10.0. The summed E-state index contributed by atoms with van der Waals surface area (Å²) < 4.78 is 4.81. The van der Waals surface area contributed by atoms with Crippen LogP contribution in [0.25, 0.3) is 0 Å². The average Bonchev–Trinajstić information content (AvgIpc) is 2.70. The van der Waals surface area contributed by atoms with Gasteiger partial charge < -0.3 is 4.74 Å². The average molecular weight is 227 g/mol. The van der Waals surface area contributed by atoms with Crippen molar-refractivity contribution in [1.29, 1.82) is 0 Å². The van der Waals surface area contributed by atoms with Crippen molar-refractivity contribution in [2.75, 3.05) is 26.8 Å². The van der Waals surface area contributed by atoms with Gasteiger partial charge in [0.05, 0.1) is 6.54 Å². The van der Waals surface area contributed by atoms with E-state index in [4.69, 9.17) is 4.74 Å². The Morgan fingerprint density at radius 2 is 2.40 bits per heavy atom. The number of ketones is 1. The molecule has 0 aliphatic rings. The number of carbonyl (C=O) groups is 1. The number of methoxy groups -OCH3 is 1. The maximum Gasteiger partial charge on any atom is 0.172 e. The van der Waals surface area contributed by atoms with Gasteiger partial charge in [0.1, 0.15) is 6.61 Å². The van der Waals surface area contributed by atoms with Gasteiger partial charge in [-0.25, -0.2) is 0 Å². The van der Waals surface area contributed by atoms with Crippen molar-refractivity contribution in [1.82, 2.24) is 4.90 Å². The third-order valence-electron chi connectivity index (χ3n) is 2.11. The van der Waals surface area contributed by atoms with E-state index >= 15 is 0 Å². The van der Waals surface area contributed by atoms with E-state index in [1.165, 1.54) is 4.88 Å². The fourth-order valence-corrected chi connectivity index (χ4v) is 2.10. The Morgan fingerprint density at radius 1 is 1.60 bits per heavy atom. The standard InChI is InChI=1S/C11H17NO2S/c1-3-12(7-10(13)9-14-2)8-11-5-4-6-15-11/h4-6H,3,7-9H2,1-2H3. The highest BCUT2D eigenvalue weighted by Gasteiger charge is 2.09. The highest BCUT2D eigenvalue weighted by atomic mass is 32.1. The number of ether oxygens (including phenoxy) is 1. The number of thiophene rings is 1. The summed E-state index contributed by atoms with van der Waals surface area (Å²) in [6, 6.07) is 4.12. The van der Waals surface area contributed by atoms with E-state index in [1.54, 1.807) is 18.4 Å². The topological polar surface area (TPSA) is 29.5 Å². The predicted octanol–water partition coefficient (Wildman–Crippen LogP) is 1.79. The van der Waals surface area contributed by atoms with Crippen molar-refractivity contribution >= 4 is 17.1 Å². The molecule has 0 aliphatic heterocycles. The lowest BCUT2D eigenvalue weighted by atomic mass is 10.3. The summed E-state index contributed by atoms with van der Waals surface area (Å²) in [4.78, 5) is 14.8. The van der Waals surface area contributed by atoms with Gasteiger partial charge in [0.25, 0.3) is 0 Å². The molecule has 0 radical (unpaired) electrons. The molecule has 0 spiro atoms. The largest absolute Gasteiger partial charge is 0.377 e. The van der Waals surface area contributed by atoms with Gasteiger partial charge in [-0.15, -0.1) is 11.3 Å². The molecule has 0 aromatic carbocycles. The van der Waals surface area contributed by atoms with Gasteiger partial charge >= 0.3 is 0 Å². The third kappa shape index (κ3) is 4.55. The molecule has 0 amide bonds. The SMILES string of the molecule is CCN(CC(=O)COC)Cc1cccs1.